The summed E-state index contributed by atoms with van der Waals surface area (Å²) in [5, 5.41) is 2.76. The minimum absolute atomic E-state index is 0.00684. The second kappa shape index (κ2) is 5.84. The minimum Gasteiger partial charge on any atom is -0.348 e. The SMILES string of the molecule is O=C(NC1CCS(=O)(=O)C1)c1cncnc1-c1ccccc1. The predicted octanol–water partition coefficient (Wildman–Crippen LogP) is 1.06. The van der Waals surface area contributed by atoms with Gasteiger partial charge in [-0.05, 0) is 6.42 Å². The van der Waals surface area contributed by atoms with Crippen LogP contribution in [0.4, 0.5) is 0 Å². The number of hydrogen-bond donors (Lipinski definition) is 1. The Hall–Kier alpha value is -2.28. The molecule has 1 saturated heterocycles. The van der Waals surface area contributed by atoms with Gasteiger partial charge in [0.15, 0.2) is 9.84 Å². The smallest absolute Gasteiger partial charge is 0.255 e. The highest BCUT2D eigenvalue weighted by Gasteiger charge is 2.29. The van der Waals surface area contributed by atoms with Crippen molar-refractivity contribution in [2.24, 2.45) is 0 Å². The molecule has 1 N–H and O–H groups in total. The Morgan fingerprint density at radius 1 is 1.23 bits per heavy atom. The van der Waals surface area contributed by atoms with E-state index in [-0.39, 0.29) is 23.5 Å². The summed E-state index contributed by atoms with van der Waals surface area (Å²) in [5.41, 5.74) is 1.70. The number of amides is 1. The molecule has 1 unspecified atom stereocenters. The van der Waals surface area contributed by atoms with Crippen molar-refractivity contribution in [3.63, 3.8) is 0 Å². The van der Waals surface area contributed by atoms with Crippen LogP contribution in [0.1, 0.15) is 16.8 Å². The van der Waals surface area contributed by atoms with Crippen molar-refractivity contribution < 1.29 is 13.2 Å². The average Bonchev–Trinajstić information content (AvgIpc) is 2.87. The second-order valence-corrected chi connectivity index (χ2v) is 7.45. The molecule has 0 spiro atoms. The normalized spacial score (nSPS) is 19.7. The van der Waals surface area contributed by atoms with Gasteiger partial charge in [0, 0.05) is 17.8 Å². The van der Waals surface area contributed by atoms with Crippen molar-refractivity contribution in [2.45, 2.75) is 12.5 Å². The number of nitrogens with zero attached hydrogens (tertiary/aromatic N) is 2. The summed E-state index contributed by atoms with van der Waals surface area (Å²) in [6, 6.07) is 8.98. The van der Waals surface area contributed by atoms with Crippen molar-refractivity contribution in [1.82, 2.24) is 15.3 Å². The van der Waals surface area contributed by atoms with Gasteiger partial charge in [-0.25, -0.2) is 18.4 Å². The summed E-state index contributed by atoms with van der Waals surface area (Å²) in [6.07, 6.45) is 3.29. The predicted molar refractivity (Wildman–Crippen MR) is 82.0 cm³/mol. The first kappa shape index (κ1) is 14.6. The van der Waals surface area contributed by atoms with E-state index in [4.69, 9.17) is 0 Å². The summed E-state index contributed by atoms with van der Waals surface area (Å²) in [5.74, 6) is -0.233. The Morgan fingerprint density at radius 3 is 2.68 bits per heavy atom. The Morgan fingerprint density at radius 2 is 2.00 bits per heavy atom. The lowest BCUT2D eigenvalue weighted by Gasteiger charge is -2.12. The van der Waals surface area contributed by atoms with Crippen LogP contribution in [0.5, 0.6) is 0 Å². The van der Waals surface area contributed by atoms with Crippen LogP contribution in [0, 0.1) is 0 Å². The first-order valence-electron chi connectivity index (χ1n) is 6.92. The first-order valence-corrected chi connectivity index (χ1v) is 8.74. The number of carbonyl (C=O) groups is 1. The Bertz CT molecular complexity index is 791. The number of aromatic nitrogens is 2. The second-order valence-electron chi connectivity index (χ2n) is 5.22. The zero-order chi connectivity index (χ0) is 15.6. The highest BCUT2D eigenvalue weighted by Crippen LogP contribution is 2.20. The molecule has 0 bridgehead atoms. The molecule has 6 nitrogen and oxygen atoms in total. The van der Waals surface area contributed by atoms with E-state index in [2.05, 4.69) is 15.3 Å². The monoisotopic (exact) mass is 317 g/mol. The standard InChI is InChI=1S/C15H15N3O3S/c19-15(18-12-6-7-22(20,21)9-12)13-8-16-10-17-14(13)11-4-2-1-3-5-11/h1-5,8,10,12H,6-7,9H2,(H,18,19). The van der Waals surface area contributed by atoms with Crippen molar-refractivity contribution in [1.29, 1.82) is 0 Å². The lowest BCUT2D eigenvalue weighted by atomic mass is 10.1. The van der Waals surface area contributed by atoms with Crippen LogP contribution in [0.3, 0.4) is 0 Å². The molecule has 3 rings (SSSR count). The zero-order valence-corrected chi connectivity index (χ0v) is 12.6. The summed E-state index contributed by atoms with van der Waals surface area (Å²) >= 11 is 0. The van der Waals surface area contributed by atoms with Gasteiger partial charge in [0.2, 0.25) is 0 Å². The number of benzene rings is 1. The van der Waals surface area contributed by atoms with E-state index in [0.29, 0.717) is 17.7 Å². The average molecular weight is 317 g/mol. The van der Waals surface area contributed by atoms with E-state index in [9.17, 15) is 13.2 Å². The molecule has 22 heavy (non-hydrogen) atoms. The molecular formula is C15H15N3O3S. The van der Waals surface area contributed by atoms with Crippen LogP contribution in [-0.4, -0.2) is 41.8 Å². The topological polar surface area (TPSA) is 89.0 Å². The van der Waals surface area contributed by atoms with Gasteiger partial charge >= 0.3 is 0 Å². The number of sulfone groups is 1. The molecule has 2 heterocycles. The number of rotatable bonds is 3. The molecule has 1 aromatic heterocycles. The van der Waals surface area contributed by atoms with Crippen LogP contribution in [0.25, 0.3) is 11.3 Å². The third kappa shape index (κ3) is 3.14. The fraction of sp³-hybridized carbons (Fsp3) is 0.267. The molecule has 1 fully saturated rings. The van der Waals surface area contributed by atoms with E-state index < -0.39 is 9.84 Å². The fourth-order valence-electron chi connectivity index (χ4n) is 2.49. The van der Waals surface area contributed by atoms with Crippen molar-refractivity contribution in [2.75, 3.05) is 11.5 Å². The van der Waals surface area contributed by atoms with Crippen LogP contribution >= 0.6 is 0 Å². The molecule has 7 heteroatoms. The number of nitrogens with one attached hydrogen (secondary N) is 1. The van der Waals surface area contributed by atoms with E-state index in [1.54, 1.807) is 0 Å². The third-order valence-electron chi connectivity index (χ3n) is 3.57. The Labute approximate surface area is 128 Å². The van der Waals surface area contributed by atoms with Gasteiger partial charge in [0.05, 0.1) is 22.8 Å². The van der Waals surface area contributed by atoms with Gasteiger partial charge in [-0.2, -0.15) is 0 Å². The quantitative estimate of drug-likeness (QED) is 0.914. The van der Waals surface area contributed by atoms with Gasteiger partial charge < -0.3 is 5.32 Å². The minimum atomic E-state index is -3.03. The maximum Gasteiger partial charge on any atom is 0.255 e. The molecular weight excluding hydrogens is 302 g/mol. The lowest BCUT2D eigenvalue weighted by Crippen LogP contribution is -2.36. The van der Waals surface area contributed by atoms with Crippen molar-refractivity contribution in [3.05, 3.63) is 48.4 Å². The van der Waals surface area contributed by atoms with Gasteiger partial charge in [0.25, 0.3) is 5.91 Å². The molecule has 0 saturated carbocycles. The fourth-order valence-corrected chi connectivity index (χ4v) is 4.17. The maximum atomic E-state index is 12.4. The van der Waals surface area contributed by atoms with E-state index in [0.717, 1.165) is 5.56 Å². The highest BCUT2D eigenvalue weighted by molar-refractivity contribution is 7.91. The molecule has 0 radical (unpaired) electrons. The van der Waals surface area contributed by atoms with Gasteiger partial charge in [-0.15, -0.1) is 0 Å². The first-order chi connectivity index (χ1) is 10.6. The van der Waals surface area contributed by atoms with Crippen molar-refractivity contribution in [3.8, 4) is 11.3 Å². The molecule has 1 aliphatic heterocycles. The summed E-state index contributed by atoms with van der Waals surface area (Å²) in [7, 11) is -3.03. The lowest BCUT2D eigenvalue weighted by molar-refractivity contribution is 0.0941. The van der Waals surface area contributed by atoms with Crippen LogP contribution < -0.4 is 5.32 Å². The molecule has 1 atom stereocenters. The summed E-state index contributed by atoms with van der Waals surface area (Å²) in [4.78, 5) is 20.5. The molecule has 1 aliphatic rings. The summed E-state index contributed by atoms with van der Waals surface area (Å²) < 4.78 is 22.9. The Balaban J connectivity index is 1.85. The third-order valence-corrected chi connectivity index (χ3v) is 5.34. The van der Waals surface area contributed by atoms with E-state index >= 15 is 0 Å². The maximum absolute atomic E-state index is 12.4. The highest BCUT2D eigenvalue weighted by atomic mass is 32.2. The molecule has 1 amide bonds. The van der Waals surface area contributed by atoms with E-state index in [1.807, 2.05) is 30.3 Å². The molecule has 0 aliphatic carbocycles. The largest absolute Gasteiger partial charge is 0.348 e. The zero-order valence-electron chi connectivity index (χ0n) is 11.8. The van der Waals surface area contributed by atoms with Gasteiger partial charge in [-0.1, -0.05) is 30.3 Å². The Kier molecular flexibility index (Phi) is 3.89. The van der Waals surface area contributed by atoms with Crippen molar-refractivity contribution >= 4 is 15.7 Å². The van der Waals surface area contributed by atoms with Crippen LogP contribution in [0.2, 0.25) is 0 Å². The van der Waals surface area contributed by atoms with Crippen LogP contribution in [0.15, 0.2) is 42.9 Å². The van der Waals surface area contributed by atoms with Crippen LogP contribution in [-0.2, 0) is 9.84 Å². The van der Waals surface area contributed by atoms with E-state index in [1.165, 1.54) is 12.5 Å². The number of hydrogen-bond acceptors (Lipinski definition) is 5. The van der Waals surface area contributed by atoms with Gasteiger partial charge in [-0.3, -0.25) is 4.79 Å². The molecule has 2 aromatic rings. The molecule has 114 valence electrons. The van der Waals surface area contributed by atoms with Gasteiger partial charge in [0.1, 0.15) is 6.33 Å². The molecule has 1 aromatic carbocycles. The number of carbonyl (C=O) groups excluding carboxylic acids is 1. The summed E-state index contributed by atoms with van der Waals surface area (Å²) in [6.45, 7) is 0.